The van der Waals surface area contributed by atoms with Crippen molar-refractivity contribution in [2.24, 2.45) is 11.7 Å². The number of hydrogen-bond donors (Lipinski definition) is 2. The van der Waals surface area contributed by atoms with Crippen LogP contribution in [-0.4, -0.2) is 28.5 Å². The number of carbonyl (C=O) groups excluding carboxylic acids is 1. The lowest BCUT2D eigenvalue weighted by atomic mass is 9.96. The predicted octanol–water partition coefficient (Wildman–Crippen LogP) is 0.805. The second-order valence-electron chi connectivity index (χ2n) is 7.27. The van der Waals surface area contributed by atoms with Crippen molar-refractivity contribution in [3.05, 3.63) is 70.5 Å². The third kappa shape index (κ3) is 3.53. The first-order valence-corrected chi connectivity index (χ1v) is 9.42. The van der Waals surface area contributed by atoms with Crippen LogP contribution < -0.4 is 16.2 Å². The van der Waals surface area contributed by atoms with Crippen molar-refractivity contribution in [1.29, 1.82) is 0 Å². The summed E-state index contributed by atoms with van der Waals surface area (Å²) in [4.78, 5) is 30.6. The number of aromatic nitrogens is 2. The maximum absolute atomic E-state index is 13.4. The average Bonchev–Trinajstić information content (AvgIpc) is 2.70. The van der Waals surface area contributed by atoms with Crippen molar-refractivity contribution >= 4 is 16.8 Å². The van der Waals surface area contributed by atoms with E-state index < -0.39 is 0 Å². The minimum atomic E-state index is -0.355. The predicted molar refractivity (Wildman–Crippen MR) is 104 cm³/mol. The SMILES string of the molecule is NC(=O)C1CC[NH+](Cc2nc3ccccc3c(=O)n2-c2ccc(F)cc2)CC1. The summed E-state index contributed by atoms with van der Waals surface area (Å²) in [6.45, 7) is 2.13. The van der Waals surface area contributed by atoms with Gasteiger partial charge in [0.2, 0.25) is 5.91 Å². The summed E-state index contributed by atoms with van der Waals surface area (Å²) in [5.41, 5.74) is 6.49. The van der Waals surface area contributed by atoms with E-state index in [9.17, 15) is 14.0 Å². The molecule has 0 aliphatic carbocycles. The van der Waals surface area contributed by atoms with E-state index in [1.54, 1.807) is 28.8 Å². The molecule has 2 aromatic carbocycles. The normalized spacial score (nSPS) is 19.6. The standard InChI is InChI=1S/C21H21FN4O2/c22-15-5-7-16(8-6-15)26-19(13-25-11-9-14(10-12-25)20(23)27)24-18-4-2-1-3-17(18)21(26)28/h1-8,14H,9-13H2,(H2,23,27)/p+1. The zero-order chi connectivity index (χ0) is 19.7. The van der Waals surface area contributed by atoms with Crippen molar-refractivity contribution in [2.45, 2.75) is 19.4 Å². The van der Waals surface area contributed by atoms with Crippen molar-refractivity contribution in [3.63, 3.8) is 0 Å². The van der Waals surface area contributed by atoms with Crippen LogP contribution in [0.3, 0.4) is 0 Å². The average molecular weight is 381 g/mol. The van der Waals surface area contributed by atoms with Gasteiger partial charge in [-0.2, -0.15) is 0 Å². The van der Waals surface area contributed by atoms with Crippen molar-refractivity contribution < 1.29 is 14.1 Å². The molecule has 28 heavy (non-hydrogen) atoms. The molecule has 1 aliphatic heterocycles. The highest BCUT2D eigenvalue weighted by Crippen LogP contribution is 2.14. The molecule has 0 bridgehead atoms. The Bertz CT molecular complexity index is 1070. The Balaban J connectivity index is 1.74. The molecule has 3 N–H and O–H groups in total. The number of halogens is 1. The Morgan fingerprint density at radius 3 is 2.50 bits per heavy atom. The zero-order valence-electron chi connectivity index (χ0n) is 15.4. The lowest BCUT2D eigenvalue weighted by molar-refractivity contribution is -0.920. The smallest absolute Gasteiger partial charge is 0.266 e. The summed E-state index contributed by atoms with van der Waals surface area (Å²) >= 11 is 0. The maximum Gasteiger partial charge on any atom is 0.266 e. The summed E-state index contributed by atoms with van der Waals surface area (Å²) in [7, 11) is 0. The first kappa shape index (κ1) is 18.3. The Labute approximate surface area is 161 Å². The maximum atomic E-state index is 13.4. The van der Waals surface area contributed by atoms with Gasteiger partial charge in [0.25, 0.3) is 5.56 Å². The van der Waals surface area contributed by atoms with Gasteiger partial charge in [0.15, 0.2) is 5.82 Å². The molecule has 1 aliphatic rings. The van der Waals surface area contributed by atoms with Crippen molar-refractivity contribution in [1.82, 2.24) is 9.55 Å². The van der Waals surface area contributed by atoms with Crippen LogP contribution in [0.2, 0.25) is 0 Å². The molecule has 0 saturated carbocycles. The number of nitrogens with one attached hydrogen (secondary N) is 1. The highest BCUT2D eigenvalue weighted by molar-refractivity contribution is 5.78. The summed E-state index contributed by atoms with van der Waals surface area (Å²) in [5, 5.41) is 0.526. The van der Waals surface area contributed by atoms with E-state index >= 15 is 0 Å². The molecule has 144 valence electrons. The monoisotopic (exact) mass is 381 g/mol. The number of benzene rings is 2. The number of hydrogen-bond acceptors (Lipinski definition) is 3. The molecular weight excluding hydrogens is 359 g/mol. The fraction of sp³-hybridized carbons (Fsp3) is 0.286. The molecule has 0 atom stereocenters. The minimum Gasteiger partial charge on any atom is -0.369 e. The lowest BCUT2D eigenvalue weighted by Gasteiger charge is -2.28. The van der Waals surface area contributed by atoms with E-state index in [0.29, 0.717) is 29.0 Å². The Morgan fingerprint density at radius 1 is 1.14 bits per heavy atom. The molecule has 1 aromatic heterocycles. The molecule has 2 heterocycles. The summed E-state index contributed by atoms with van der Waals surface area (Å²) in [6, 6.07) is 13.1. The number of likely N-dealkylation sites (tertiary alicyclic amines) is 1. The molecule has 6 nitrogen and oxygen atoms in total. The second kappa shape index (κ2) is 7.52. The molecule has 1 fully saturated rings. The molecule has 4 rings (SSSR count). The summed E-state index contributed by atoms with van der Waals surface area (Å²) in [5.74, 6) is -0.0483. The molecule has 3 aromatic rings. The Kier molecular flexibility index (Phi) is 4.92. The first-order chi connectivity index (χ1) is 13.5. The first-order valence-electron chi connectivity index (χ1n) is 9.42. The van der Waals surface area contributed by atoms with E-state index in [2.05, 4.69) is 0 Å². The minimum absolute atomic E-state index is 0.0763. The highest BCUT2D eigenvalue weighted by atomic mass is 19.1. The molecule has 1 amide bonds. The van der Waals surface area contributed by atoms with Gasteiger partial charge in [-0.05, 0) is 36.4 Å². The zero-order valence-corrected chi connectivity index (χ0v) is 15.4. The van der Waals surface area contributed by atoms with E-state index in [-0.39, 0.29) is 23.2 Å². The van der Waals surface area contributed by atoms with Crippen LogP contribution in [-0.2, 0) is 11.3 Å². The van der Waals surface area contributed by atoms with Gasteiger partial charge < -0.3 is 10.6 Å². The van der Waals surface area contributed by atoms with Crippen LogP contribution in [0.5, 0.6) is 0 Å². The molecule has 1 saturated heterocycles. The van der Waals surface area contributed by atoms with Gasteiger partial charge in [-0.3, -0.25) is 14.2 Å². The van der Waals surface area contributed by atoms with Crippen molar-refractivity contribution in [2.75, 3.05) is 13.1 Å². The Hall–Kier alpha value is -3.06. The molecular formula is C21H22FN4O2+. The van der Waals surface area contributed by atoms with Gasteiger partial charge in [0, 0.05) is 18.8 Å². The van der Waals surface area contributed by atoms with Crippen LogP contribution in [0.4, 0.5) is 4.39 Å². The van der Waals surface area contributed by atoms with Gasteiger partial charge in [0.05, 0.1) is 29.7 Å². The number of primary amides is 1. The number of quaternary nitrogens is 1. The number of piperidine rings is 1. The van der Waals surface area contributed by atoms with Gasteiger partial charge in [0.1, 0.15) is 12.4 Å². The largest absolute Gasteiger partial charge is 0.369 e. The van der Waals surface area contributed by atoms with Gasteiger partial charge in [-0.1, -0.05) is 12.1 Å². The topological polar surface area (TPSA) is 82.4 Å². The third-order valence-corrected chi connectivity index (χ3v) is 5.43. The number of fused-ring (bicyclic) bond motifs is 1. The van der Waals surface area contributed by atoms with Gasteiger partial charge in [-0.15, -0.1) is 0 Å². The Morgan fingerprint density at radius 2 is 1.82 bits per heavy atom. The van der Waals surface area contributed by atoms with E-state index in [0.717, 1.165) is 25.9 Å². The van der Waals surface area contributed by atoms with Crippen LogP contribution >= 0.6 is 0 Å². The summed E-state index contributed by atoms with van der Waals surface area (Å²) in [6.07, 6.45) is 1.47. The third-order valence-electron chi connectivity index (χ3n) is 5.43. The number of nitrogens with zero attached hydrogens (tertiary/aromatic N) is 2. The molecule has 0 spiro atoms. The van der Waals surface area contributed by atoms with E-state index in [1.165, 1.54) is 17.0 Å². The van der Waals surface area contributed by atoms with Crippen molar-refractivity contribution in [3.8, 4) is 5.69 Å². The lowest BCUT2D eigenvalue weighted by Crippen LogP contribution is -3.12. The fourth-order valence-corrected chi connectivity index (χ4v) is 3.86. The van der Waals surface area contributed by atoms with E-state index in [4.69, 9.17) is 10.7 Å². The van der Waals surface area contributed by atoms with Gasteiger partial charge in [-0.25, -0.2) is 9.37 Å². The van der Waals surface area contributed by atoms with Crippen LogP contribution in [0, 0.1) is 11.7 Å². The fourth-order valence-electron chi connectivity index (χ4n) is 3.86. The number of carbonyl (C=O) groups is 1. The number of amides is 1. The molecule has 0 unspecified atom stereocenters. The van der Waals surface area contributed by atoms with Crippen LogP contribution in [0.1, 0.15) is 18.7 Å². The highest BCUT2D eigenvalue weighted by Gasteiger charge is 2.27. The van der Waals surface area contributed by atoms with Crippen LogP contribution in [0.15, 0.2) is 53.3 Å². The van der Waals surface area contributed by atoms with Gasteiger partial charge >= 0.3 is 0 Å². The summed E-state index contributed by atoms with van der Waals surface area (Å²) < 4.78 is 15.0. The number of nitrogens with two attached hydrogens (primary N) is 1. The quantitative estimate of drug-likeness (QED) is 0.702. The number of rotatable bonds is 4. The number of para-hydroxylation sites is 1. The molecule has 0 radical (unpaired) electrons. The van der Waals surface area contributed by atoms with E-state index in [1.807, 2.05) is 12.1 Å². The second-order valence-corrected chi connectivity index (χ2v) is 7.27. The van der Waals surface area contributed by atoms with Crippen LogP contribution in [0.25, 0.3) is 16.6 Å². The molecule has 7 heteroatoms.